The van der Waals surface area contributed by atoms with Crippen molar-refractivity contribution >= 4 is 23.5 Å². The normalized spacial score (nSPS) is 20.3. The number of hydrogen-bond acceptors (Lipinski definition) is 3. The van der Waals surface area contributed by atoms with Crippen molar-refractivity contribution in [2.24, 2.45) is 5.92 Å². The Balaban J connectivity index is 1.73. The second-order valence-electron chi connectivity index (χ2n) is 6.54. The van der Waals surface area contributed by atoms with Crippen LogP contribution in [0.4, 0.5) is 4.39 Å². The number of aliphatic carboxylic acids is 1. The van der Waals surface area contributed by atoms with Crippen LogP contribution in [0.5, 0.6) is 5.75 Å². The maximum Gasteiger partial charge on any atom is 0.308 e. The van der Waals surface area contributed by atoms with Crippen LogP contribution in [0, 0.1) is 11.7 Å². The molecule has 142 valence electrons. The van der Waals surface area contributed by atoms with Gasteiger partial charge in [0.25, 0.3) is 5.91 Å². The van der Waals surface area contributed by atoms with Gasteiger partial charge in [-0.05, 0) is 30.7 Å². The molecule has 1 aliphatic heterocycles. The molecule has 0 aromatic heterocycles. The summed E-state index contributed by atoms with van der Waals surface area (Å²) in [5.41, 5.74) is 0.885. The van der Waals surface area contributed by atoms with Crippen LogP contribution in [0.3, 0.4) is 0 Å². The first-order valence-corrected chi connectivity index (χ1v) is 8.93. The van der Waals surface area contributed by atoms with Gasteiger partial charge in [-0.2, -0.15) is 0 Å². The van der Waals surface area contributed by atoms with E-state index in [1.807, 2.05) is 30.3 Å². The molecule has 5 nitrogen and oxygen atoms in total. The molecule has 0 saturated carbocycles. The van der Waals surface area contributed by atoms with Gasteiger partial charge >= 0.3 is 5.97 Å². The summed E-state index contributed by atoms with van der Waals surface area (Å²) in [6.45, 7) is 1.97. The predicted octanol–water partition coefficient (Wildman–Crippen LogP) is 3.57. The molecular formula is C20H19ClFNO4. The highest BCUT2D eigenvalue weighted by Crippen LogP contribution is 2.34. The summed E-state index contributed by atoms with van der Waals surface area (Å²) in [6.07, 6.45) is -0.878. The van der Waals surface area contributed by atoms with Crippen molar-refractivity contribution in [3.63, 3.8) is 0 Å². The summed E-state index contributed by atoms with van der Waals surface area (Å²) in [4.78, 5) is 25.9. The van der Waals surface area contributed by atoms with Crippen molar-refractivity contribution in [2.45, 2.75) is 18.9 Å². The third kappa shape index (κ3) is 4.22. The number of hydrogen-bond donors (Lipinski definition) is 1. The van der Waals surface area contributed by atoms with Crippen molar-refractivity contribution < 1.29 is 23.8 Å². The van der Waals surface area contributed by atoms with Crippen molar-refractivity contribution in [1.29, 1.82) is 0 Å². The summed E-state index contributed by atoms with van der Waals surface area (Å²) >= 11 is 5.94. The first-order valence-electron chi connectivity index (χ1n) is 8.55. The lowest BCUT2D eigenvalue weighted by molar-refractivity contribution is -0.142. The van der Waals surface area contributed by atoms with E-state index in [9.17, 15) is 19.1 Å². The number of carbonyl (C=O) groups is 2. The van der Waals surface area contributed by atoms with Crippen molar-refractivity contribution in [3.05, 3.63) is 64.9 Å². The van der Waals surface area contributed by atoms with Crippen LogP contribution in [0.15, 0.2) is 48.5 Å². The second kappa shape index (κ2) is 7.96. The van der Waals surface area contributed by atoms with E-state index in [0.717, 1.165) is 11.6 Å². The molecule has 2 aromatic carbocycles. The molecule has 1 aliphatic rings. The van der Waals surface area contributed by atoms with E-state index >= 15 is 0 Å². The first-order chi connectivity index (χ1) is 12.9. The van der Waals surface area contributed by atoms with Gasteiger partial charge < -0.3 is 14.7 Å². The Labute approximate surface area is 161 Å². The molecule has 0 spiro atoms. The van der Waals surface area contributed by atoms with Crippen molar-refractivity contribution in [1.82, 2.24) is 4.90 Å². The number of benzene rings is 2. The topological polar surface area (TPSA) is 66.8 Å². The number of carbonyl (C=O) groups excluding carboxylic acids is 1. The Bertz CT molecular complexity index is 845. The van der Waals surface area contributed by atoms with Gasteiger partial charge in [-0.15, -0.1) is 0 Å². The predicted molar refractivity (Wildman–Crippen MR) is 98.4 cm³/mol. The standard InChI is InChI=1S/C20H19ClFNO4/c1-12(27-18-8-7-14(22)9-17(18)21)19(24)23-10-15(16(11-23)20(25)26)13-5-3-2-4-6-13/h2-9,12,15-16H,10-11H2,1H3,(H,25,26). The van der Waals surface area contributed by atoms with E-state index < -0.39 is 23.8 Å². The highest BCUT2D eigenvalue weighted by molar-refractivity contribution is 6.32. The van der Waals surface area contributed by atoms with E-state index in [1.54, 1.807) is 6.92 Å². The average molecular weight is 392 g/mol. The Morgan fingerprint density at radius 3 is 2.56 bits per heavy atom. The molecule has 2 aromatic rings. The molecule has 27 heavy (non-hydrogen) atoms. The molecule has 0 radical (unpaired) electrons. The smallest absolute Gasteiger partial charge is 0.308 e. The van der Waals surface area contributed by atoms with Gasteiger partial charge in [-0.1, -0.05) is 41.9 Å². The third-order valence-corrected chi connectivity index (χ3v) is 5.02. The fourth-order valence-corrected chi connectivity index (χ4v) is 3.55. The van der Waals surface area contributed by atoms with E-state index in [1.165, 1.54) is 17.0 Å². The summed E-state index contributed by atoms with van der Waals surface area (Å²) in [7, 11) is 0. The highest BCUT2D eigenvalue weighted by Gasteiger charge is 2.41. The Morgan fingerprint density at radius 2 is 1.93 bits per heavy atom. The van der Waals surface area contributed by atoms with Gasteiger partial charge in [-0.3, -0.25) is 9.59 Å². The lowest BCUT2D eigenvalue weighted by Crippen LogP contribution is -2.39. The van der Waals surface area contributed by atoms with Crippen molar-refractivity contribution in [3.8, 4) is 5.75 Å². The largest absolute Gasteiger partial charge is 0.481 e. The molecule has 1 amide bonds. The van der Waals surface area contributed by atoms with Gasteiger partial charge in [0.15, 0.2) is 6.10 Å². The number of ether oxygens (including phenoxy) is 1. The fraction of sp³-hybridized carbons (Fsp3) is 0.300. The molecule has 1 saturated heterocycles. The molecule has 1 fully saturated rings. The second-order valence-corrected chi connectivity index (χ2v) is 6.95. The van der Waals surface area contributed by atoms with Crippen LogP contribution < -0.4 is 4.74 Å². The molecule has 1 N–H and O–H groups in total. The monoisotopic (exact) mass is 391 g/mol. The van der Waals surface area contributed by atoms with Gasteiger partial charge in [0.1, 0.15) is 11.6 Å². The van der Waals surface area contributed by atoms with E-state index in [4.69, 9.17) is 16.3 Å². The minimum atomic E-state index is -0.936. The van der Waals surface area contributed by atoms with Crippen LogP contribution in [-0.2, 0) is 9.59 Å². The number of rotatable bonds is 5. The zero-order valence-electron chi connectivity index (χ0n) is 14.6. The fourth-order valence-electron chi connectivity index (χ4n) is 3.34. The number of halogens is 2. The number of likely N-dealkylation sites (tertiary alicyclic amines) is 1. The number of amides is 1. The molecule has 1 heterocycles. The number of nitrogens with zero attached hydrogens (tertiary/aromatic N) is 1. The zero-order valence-corrected chi connectivity index (χ0v) is 15.4. The molecule has 0 bridgehead atoms. The minimum Gasteiger partial charge on any atom is -0.481 e. The number of carboxylic acid groups (broad SMARTS) is 1. The molecule has 7 heteroatoms. The lowest BCUT2D eigenvalue weighted by atomic mass is 9.89. The Hall–Kier alpha value is -2.60. The van der Waals surface area contributed by atoms with Gasteiger partial charge in [0, 0.05) is 19.0 Å². The first kappa shape index (κ1) is 19.2. The lowest BCUT2D eigenvalue weighted by Gasteiger charge is -2.22. The van der Waals surface area contributed by atoms with E-state index in [-0.39, 0.29) is 29.1 Å². The Kier molecular flexibility index (Phi) is 5.65. The van der Waals surface area contributed by atoms with E-state index in [2.05, 4.69) is 0 Å². The summed E-state index contributed by atoms with van der Waals surface area (Å²) in [5, 5.41) is 9.63. The summed E-state index contributed by atoms with van der Waals surface area (Å²) in [6, 6.07) is 13.0. The summed E-state index contributed by atoms with van der Waals surface area (Å²) < 4.78 is 18.7. The van der Waals surface area contributed by atoms with Gasteiger partial charge in [0.05, 0.1) is 10.9 Å². The maximum atomic E-state index is 13.1. The van der Waals surface area contributed by atoms with Crippen LogP contribution in [0.2, 0.25) is 5.02 Å². The van der Waals surface area contributed by atoms with Crippen LogP contribution in [0.1, 0.15) is 18.4 Å². The quantitative estimate of drug-likeness (QED) is 0.846. The van der Waals surface area contributed by atoms with Crippen molar-refractivity contribution in [2.75, 3.05) is 13.1 Å². The Morgan fingerprint density at radius 1 is 1.22 bits per heavy atom. The molecule has 3 rings (SSSR count). The molecule has 0 aliphatic carbocycles. The third-order valence-electron chi connectivity index (χ3n) is 4.72. The van der Waals surface area contributed by atoms with Crippen LogP contribution in [-0.4, -0.2) is 41.1 Å². The molecule has 3 atom stereocenters. The zero-order chi connectivity index (χ0) is 19.6. The number of carboxylic acids is 1. The average Bonchev–Trinajstić information content (AvgIpc) is 3.10. The van der Waals surface area contributed by atoms with Crippen LogP contribution >= 0.6 is 11.6 Å². The van der Waals surface area contributed by atoms with Gasteiger partial charge in [-0.25, -0.2) is 4.39 Å². The summed E-state index contributed by atoms with van der Waals surface area (Å²) in [5.74, 6) is -2.53. The highest BCUT2D eigenvalue weighted by atomic mass is 35.5. The van der Waals surface area contributed by atoms with Gasteiger partial charge in [0.2, 0.25) is 0 Å². The molecular weight excluding hydrogens is 373 g/mol. The van der Waals surface area contributed by atoms with E-state index in [0.29, 0.717) is 6.54 Å². The SMILES string of the molecule is CC(Oc1ccc(F)cc1Cl)C(=O)N1CC(C(=O)O)C(c2ccccc2)C1. The maximum absolute atomic E-state index is 13.1. The molecule has 3 unspecified atom stereocenters. The van der Waals surface area contributed by atoms with Crippen LogP contribution in [0.25, 0.3) is 0 Å². The minimum absolute atomic E-state index is 0.0710.